The van der Waals surface area contributed by atoms with Crippen molar-refractivity contribution in [2.75, 3.05) is 18.0 Å². The molecular formula is C11H17N7. The van der Waals surface area contributed by atoms with Crippen molar-refractivity contribution in [2.45, 2.75) is 18.9 Å². The number of H-pyrrole nitrogens is 1. The van der Waals surface area contributed by atoms with Crippen LogP contribution in [0, 0.1) is 0 Å². The summed E-state index contributed by atoms with van der Waals surface area (Å²) >= 11 is 0. The van der Waals surface area contributed by atoms with E-state index in [0.29, 0.717) is 11.8 Å². The molecule has 18 heavy (non-hydrogen) atoms. The van der Waals surface area contributed by atoms with Crippen LogP contribution in [0.3, 0.4) is 0 Å². The Labute approximate surface area is 105 Å². The molecule has 0 aromatic carbocycles. The molecule has 7 nitrogen and oxygen atoms in total. The molecule has 2 aromatic heterocycles. The van der Waals surface area contributed by atoms with Crippen molar-refractivity contribution in [3.63, 3.8) is 0 Å². The summed E-state index contributed by atoms with van der Waals surface area (Å²) in [4.78, 5) is 6.60. The third kappa shape index (κ3) is 2.08. The number of aromatic nitrogens is 5. The standard InChI is InChI=1S/C11H17N7/c1-17-6-4-9(16-17)10-13-11(15-14-10)18-5-2-3-8(12)7-18/h4,6,8H,2-3,5,7,12H2,1H3,(H,13,14,15). The van der Waals surface area contributed by atoms with E-state index in [2.05, 4.69) is 25.2 Å². The summed E-state index contributed by atoms with van der Waals surface area (Å²) in [5, 5.41) is 11.5. The molecule has 1 fully saturated rings. The van der Waals surface area contributed by atoms with Gasteiger partial charge in [-0.2, -0.15) is 10.1 Å². The lowest BCUT2D eigenvalue weighted by molar-refractivity contribution is 0.500. The number of piperidine rings is 1. The van der Waals surface area contributed by atoms with E-state index in [1.165, 1.54) is 0 Å². The maximum absolute atomic E-state index is 5.96. The second kappa shape index (κ2) is 4.41. The van der Waals surface area contributed by atoms with Crippen LogP contribution in [0.1, 0.15) is 12.8 Å². The van der Waals surface area contributed by atoms with Crippen LogP contribution < -0.4 is 10.6 Å². The Hall–Kier alpha value is -1.89. The number of aryl methyl sites for hydroxylation is 1. The highest BCUT2D eigenvalue weighted by atomic mass is 15.4. The van der Waals surface area contributed by atoms with E-state index in [9.17, 15) is 0 Å². The van der Waals surface area contributed by atoms with Crippen molar-refractivity contribution in [1.29, 1.82) is 0 Å². The van der Waals surface area contributed by atoms with Crippen molar-refractivity contribution in [3.05, 3.63) is 12.3 Å². The third-order valence-electron chi connectivity index (χ3n) is 3.17. The van der Waals surface area contributed by atoms with E-state index in [1.54, 1.807) is 4.68 Å². The summed E-state index contributed by atoms with van der Waals surface area (Å²) < 4.78 is 1.74. The van der Waals surface area contributed by atoms with E-state index in [-0.39, 0.29) is 6.04 Å². The van der Waals surface area contributed by atoms with Gasteiger partial charge in [0.2, 0.25) is 5.95 Å². The summed E-state index contributed by atoms with van der Waals surface area (Å²) in [6, 6.07) is 2.13. The molecule has 1 unspecified atom stereocenters. The van der Waals surface area contributed by atoms with Gasteiger partial charge in [-0.3, -0.25) is 9.78 Å². The van der Waals surface area contributed by atoms with Gasteiger partial charge in [-0.1, -0.05) is 0 Å². The second-order valence-electron chi connectivity index (χ2n) is 4.71. The van der Waals surface area contributed by atoms with Crippen molar-refractivity contribution in [2.24, 2.45) is 12.8 Å². The van der Waals surface area contributed by atoms with Gasteiger partial charge in [0, 0.05) is 32.4 Å². The van der Waals surface area contributed by atoms with Gasteiger partial charge in [0.05, 0.1) is 0 Å². The average Bonchev–Trinajstić information content (AvgIpc) is 2.97. The van der Waals surface area contributed by atoms with Crippen molar-refractivity contribution < 1.29 is 0 Å². The molecule has 2 aromatic rings. The molecule has 3 rings (SSSR count). The summed E-state index contributed by atoms with van der Waals surface area (Å²) in [6.45, 7) is 1.78. The minimum absolute atomic E-state index is 0.218. The molecular weight excluding hydrogens is 230 g/mol. The number of nitrogens with two attached hydrogens (primary N) is 1. The second-order valence-corrected chi connectivity index (χ2v) is 4.71. The van der Waals surface area contributed by atoms with Crippen molar-refractivity contribution in [3.8, 4) is 11.5 Å². The predicted octanol–water partition coefficient (Wildman–Crippen LogP) is 0.133. The Bertz CT molecular complexity index is 529. The number of hydrogen-bond acceptors (Lipinski definition) is 5. The van der Waals surface area contributed by atoms with Crippen LogP contribution >= 0.6 is 0 Å². The van der Waals surface area contributed by atoms with Gasteiger partial charge in [0.1, 0.15) is 5.69 Å². The molecule has 0 radical (unpaired) electrons. The maximum Gasteiger partial charge on any atom is 0.245 e. The fraction of sp³-hybridized carbons (Fsp3) is 0.545. The smallest absolute Gasteiger partial charge is 0.245 e. The molecule has 0 aliphatic carbocycles. The van der Waals surface area contributed by atoms with Crippen LogP contribution in [-0.2, 0) is 7.05 Å². The van der Waals surface area contributed by atoms with Gasteiger partial charge in [-0.05, 0) is 18.9 Å². The monoisotopic (exact) mass is 247 g/mol. The number of nitrogens with zero attached hydrogens (tertiary/aromatic N) is 5. The van der Waals surface area contributed by atoms with Crippen LogP contribution in [0.15, 0.2) is 12.3 Å². The number of rotatable bonds is 2. The largest absolute Gasteiger partial charge is 0.338 e. The summed E-state index contributed by atoms with van der Waals surface area (Å²) in [7, 11) is 1.88. The van der Waals surface area contributed by atoms with Crippen LogP contribution in [0.2, 0.25) is 0 Å². The minimum atomic E-state index is 0.218. The quantitative estimate of drug-likeness (QED) is 0.787. The molecule has 0 spiro atoms. The molecule has 3 N–H and O–H groups in total. The Kier molecular flexibility index (Phi) is 2.75. The van der Waals surface area contributed by atoms with Crippen LogP contribution in [0.4, 0.5) is 5.95 Å². The van der Waals surface area contributed by atoms with E-state index in [0.717, 1.165) is 31.6 Å². The fourth-order valence-electron chi connectivity index (χ4n) is 2.24. The van der Waals surface area contributed by atoms with E-state index < -0.39 is 0 Å². The molecule has 96 valence electrons. The van der Waals surface area contributed by atoms with Gasteiger partial charge in [0.15, 0.2) is 5.82 Å². The number of aromatic amines is 1. The average molecular weight is 247 g/mol. The summed E-state index contributed by atoms with van der Waals surface area (Å²) in [6.07, 6.45) is 4.05. The summed E-state index contributed by atoms with van der Waals surface area (Å²) in [5.74, 6) is 1.41. The predicted molar refractivity (Wildman–Crippen MR) is 68.0 cm³/mol. The van der Waals surface area contributed by atoms with Gasteiger partial charge < -0.3 is 10.6 Å². The topological polar surface area (TPSA) is 88.6 Å². The Morgan fingerprint density at radius 3 is 3.11 bits per heavy atom. The zero-order chi connectivity index (χ0) is 12.5. The Balaban J connectivity index is 1.80. The molecule has 1 atom stereocenters. The highest BCUT2D eigenvalue weighted by molar-refractivity contribution is 5.50. The Morgan fingerprint density at radius 1 is 1.50 bits per heavy atom. The lowest BCUT2D eigenvalue weighted by atomic mass is 10.1. The fourth-order valence-corrected chi connectivity index (χ4v) is 2.24. The molecule has 0 amide bonds. The van der Waals surface area contributed by atoms with Gasteiger partial charge in [-0.15, -0.1) is 5.10 Å². The molecule has 0 bridgehead atoms. The van der Waals surface area contributed by atoms with Crippen molar-refractivity contribution in [1.82, 2.24) is 25.0 Å². The van der Waals surface area contributed by atoms with E-state index in [1.807, 2.05) is 19.3 Å². The SMILES string of the molecule is Cn1ccc(-c2nc(N3CCCC(N)C3)n[nH]2)n1. The van der Waals surface area contributed by atoms with Crippen LogP contribution in [0.25, 0.3) is 11.5 Å². The first-order valence-electron chi connectivity index (χ1n) is 6.15. The maximum atomic E-state index is 5.96. The van der Waals surface area contributed by atoms with E-state index in [4.69, 9.17) is 5.73 Å². The number of anilines is 1. The molecule has 7 heteroatoms. The number of nitrogens with one attached hydrogen (secondary N) is 1. The molecule has 1 saturated heterocycles. The van der Waals surface area contributed by atoms with Crippen molar-refractivity contribution >= 4 is 5.95 Å². The molecule has 0 saturated carbocycles. The summed E-state index contributed by atoms with van der Waals surface area (Å²) in [5.41, 5.74) is 6.76. The zero-order valence-corrected chi connectivity index (χ0v) is 10.4. The van der Waals surface area contributed by atoms with Crippen LogP contribution in [0.5, 0.6) is 0 Å². The first-order valence-corrected chi connectivity index (χ1v) is 6.15. The van der Waals surface area contributed by atoms with Gasteiger partial charge in [0.25, 0.3) is 0 Å². The zero-order valence-electron chi connectivity index (χ0n) is 10.4. The Morgan fingerprint density at radius 2 is 2.39 bits per heavy atom. The molecule has 1 aliphatic rings. The van der Waals surface area contributed by atoms with Gasteiger partial charge >= 0.3 is 0 Å². The van der Waals surface area contributed by atoms with Gasteiger partial charge in [-0.25, -0.2) is 0 Å². The highest BCUT2D eigenvalue weighted by Gasteiger charge is 2.20. The molecule has 1 aliphatic heterocycles. The minimum Gasteiger partial charge on any atom is -0.338 e. The van der Waals surface area contributed by atoms with Crippen LogP contribution in [-0.4, -0.2) is 44.1 Å². The molecule has 3 heterocycles. The normalized spacial score (nSPS) is 20.3. The first kappa shape index (κ1) is 11.2. The highest BCUT2D eigenvalue weighted by Crippen LogP contribution is 2.18. The number of hydrogen-bond donors (Lipinski definition) is 2. The lowest BCUT2D eigenvalue weighted by Crippen LogP contribution is -2.43. The first-order chi connectivity index (χ1) is 8.72. The third-order valence-corrected chi connectivity index (χ3v) is 3.17. The van der Waals surface area contributed by atoms with E-state index >= 15 is 0 Å². The lowest BCUT2D eigenvalue weighted by Gasteiger charge is -2.29.